The van der Waals surface area contributed by atoms with Gasteiger partial charge in [0.15, 0.2) is 11.7 Å². The number of carbonyl (C=O) groups is 2. The maximum absolute atomic E-state index is 12.3. The quantitative estimate of drug-likeness (QED) is 0.862. The van der Waals surface area contributed by atoms with E-state index in [0.717, 1.165) is 29.3 Å². The Labute approximate surface area is 134 Å². The van der Waals surface area contributed by atoms with Gasteiger partial charge in [0, 0.05) is 36.6 Å². The van der Waals surface area contributed by atoms with E-state index in [0.29, 0.717) is 19.5 Å². The van der Waals surface area contributed by atoms with E-state index in [1.165, 1.54) is 0 Å². The highest BCUT2D eigenvalue weighted by atomic mass is 16.2. The van der Waals surface area contributed by atoms with Crippen LogP contribution in [-0.4, -0.2) is 34.7 Å². The predicted molar refractivity (Wildman–Crippen MR) is 86.5 cm³/mol. The van der Waals surface area contributed by atoms with Crippen LogP contribution in [0, 0.1) is 17.2 Å². The molecule has 1 aromatic heterocycles. The van der Waals surface area contributed by atoms with Crippen molar-refractivity contribution in [3.8, 4) is 6.07 Å². The zero-order valence-corrected chi connectivity index (χ0v) is 12.9. The summed E-state index contributed by atoms with van der Waals surface area (Å²) in [5.74, 6) is -1.76. The number of ketones is 1. The number of nitrogens with zero attached hydrogens (tertiary/aromatic N) is 2. The third-order valence-corrected chi connectivity index (χ3v) is 4.43. The molecular weight excluding hydrogens is 290 g/mol. The summed E-state index contributed by atoms with van der Waals surface area (Å²) >= 11 is 0. The highest BCUT2D eigenvalue weighted by molar-refractivity contribution is 6.04. The SMILES string of the molecule is N#C[C@H](C(=O)CCc1c[nH]c2ccccc12)C(=O)N1CCCC1. The van der Waals surface area contributed by atoms with Crippen molar-refractivity contribution in [2.45, 2.75) is 25.7 Å². The fourth-order valence-electron chi connectivity index (χ4n) is 3.13. The Morgan fingerprint density at radius 3 is 2.74 bits per heavy atom. The number of nitriles is 1. The van der Waals surface area contributed by atoms with E-state index in [1.54, 1.807) is 4.90 Å². The van der Waals surface area contributed by atoms with Crippen LogP contribution in [-0.2, 0) is 16.0 Å². The third-order valence-electron chi connectivity index (χ3n) is 4.43. The number of hydrogen-bond acceptors (Lipinski definition) is 3. The van der Waals surface area contributed by atoms with Gasteiger partial charge in [-0.3, -0.25) is 9.59 Å². The van der Waals surface area contributed by atoms with Crippen molar-refractivity contribution in [3.63, 3.8) is 0 Å². The molecule has 0 saturated carbocycles. The molecule has 2 aromatic rings. The average Bonchev–Trinajstić information content (AvgIpc) is 3.23. The van der Waals surface area contributed by atoms with Crippen LogP contribution in [0.5, 0.6) is 0 Å². The summed E-state index contributed by atoms with van der Waals surface area (Å²) in [7, 11) is 0. The average molecular weight is 309 g/mol. The molecule has 1 N–H and O–H groups in total. The van der Waals surface area contributed by atoms with Crippen LogP contribution in [0.3, 0.4) is 0 Å². The lowest BCUT2D eigenvalue weighted by molar-refractivity contribution is -0.138. The fraction of sp³-hybridized carbons (Fsp3) is 0.389. The summed E-state index contributed by atoms with van der Waals surface area (Å²) in [6, 6.07) is 9.79. The van der Waals surface area contributed by atoms with Gasteiger partial charge >= 0.3 is 0 Å². The summed E-state index contributed by atoms with van der Waals surface area (Å²) in [6.07, 6.45) is 4.54. The van der Waals surface area contributed by atoms with Gasteiger partial charge in [-0.25, -0.2) is 0 Å². The molecular formula is C18H19N3O2. The van der Waals surface area contributed by atoms with Crippen LogP contribution in [0.1, 0.15) is 24.8 Å². The van der Waals surface area contributed by atoms with Crippen LogP contribution >= 0.6 is 0 Å². The van der Waals surface area contributed by atoms with Gasteiger partial charge in [-0.05, 0) is 30.9 Å². The number of H-pyrrole nitrogens is 1. The lowest BCUT2D eigenvalue weighted by Gasteiger charge is -2.17. The molecule has 1 aliphatic rings. The first-order valence-electron chi connectivity index (χ1n) is 7.97. The van der Waals surface area contributed by atoms with Crippen molar-refractivity contribution in [3.05, 3.63) is 36.0 Å². The summed E-state index contributed by atoms with van der Waals surface area (Å²) in [5.41, 5.74) is 2.07. The van der Waals surface area contributed by atoms with Crippen LogP contribution in [0.25, 0.3) is 10.9 Å². The molecule has 0 bridgehead atoms. The first kappa shape index (κ1) is 15.3. The number of amides is 1. The van der Waals surface area contributed by atoms with Crippen LogP contribution in [0.4, 0.5) is 0 Å². The summed E-state index contributed by atoms with van der Waals surface area (Å²) in [5, 5.41) is 10.3. The monoisotopic (exact) mass is 309 g/mol. The Balaban J connectivity index is 1.66. The Kier molecular flexibility index (Phi) is 4.42. The second kappa shape index (κ2) is 6.66. The minimum atomic E-state index is -1.15. The zero-order chi connectivity index (χ0) is 16.2. The van der Waals surface area contributed by atoms with Gasteiger partial charge in [-0.15, -0.1) is 0 Å². The molecule has 0 aliphatic carbocycles. The molecule has 0 radical (unpaired) electrons. The largest absolute Gasteiger partial charge is 0.361 e. The normalized spacial score (nSPS) is 15.5. The molecule has 0 unspecified atom stereocenters. The number of nitrogens with one attached hydrogen (secondary N) is 1. The topological polar surface area (TPSA) is 77.0 Å². The van der Waals surface area contributed by atoms with Gasteiger partial charge in [0.05, 0.1) is 6.07 Å². The number of hydrogen-bond donors (Lipinski definition) is 1. The first-order valence-corrected chi connectivity index (χ1v) is 7.97. The lowest BCUT2D eigenvalue weighted by Crippen LogP contribution is -2.37. The maximum Gasteiger partial charge on any atom is 0.247 e. The molecule has 0 spiro atoms. The van der Waals surface area contributed by atoms with Crippen molar-refractivity contribution >= 4 is 22.6 Å². The Morgan fingerprint density at radius 2 is 2.00 bits per heavy atom. The molecule has 1 amide bonds. The van der Waals surface area contributed by atoms with Crippen molar-refractivity contribution in [1.29, 1.82) is 5.26 Å². The van der Waals surface area contributed by atoms with Crippen molar-refractivity contribution in [2.24, 2.45) is 5.92 Å². The number of rotatable bonds is 5. The molecule has 1 saturated heterocycles. The van der Waals surface area contributed by atoms with E-state index in [4.69, 9.17) is 0 Å². The third kappa shape index (κ3) is 3.11. The van der Waals surface area contributed by atoms with Crippen LogP contribution < -0.4 is 0 Å². The zero-order valence-electron chi connectivity index (χ0n) is 12.9. The molecule has 5 heteroatoms. The van der Waals surface area contributed by atoms with E-state index in [1.807, 2.05) is 36.5 Å². The van der Waals surface area contributed by atoms with E-state index >= 15 is 0 Å². The van der Waals surface area contributed by atoms with Crippen LogP contribution in [0.15, 0.2) is 30.5 Å². The predicted octanol–water partition coefficient (Wildman–Crippen LogP) is 2.43. The van der Waals surface area contributed by atoms with Crippen molar-refractivity contribution < 1.29 is 9.59 Å². The highest BCUT2D eigenvalue weighted by Gasteiger charge is 2.31. The number of para-hydroxylation sites is 1. The number of aromatic nitrogens is 1. The molecule has 23 heavy (non-hydrogen) atoms. The van der Waals surface area contributed by atoms with E-state index in [9.17, 15) is 14.9 Å². The summed E-state index contributed by atoms with van der Waals surface area (Å²) in [4.78, 5) is 29.4. The number of aryl methyl sites for hydroxylation is 1. The van der Waals surface area contributed by atoms with Crippen LogP contribution in [0.2, 0.25) is 0 Å². The van der Waals surface area contributed by atoms with E-state index in [-0.39, 0.29) is 18.1 Å². The molecule has 1 aliphatic heterocycles. The number of fused-ring (bicyclic) bond motifs is 1. The Morgan fingerprint density at radius 1 is 1.26 bits per heavy atom. The van der Waals surface area contributed by atoms with Gasteiger partial charge in [-0.1, -0.05) is 18.2 Å². The number of aromatic amines is 1. The highest BCUT2D eigenvalue weighted by Crippen LogP contribution is 2.20. The standard InChI is InChI=1S/C18H19N3O2/c19-11-15(18(23)21-9-3-4-10-21)17(22)8-7-13-12-20-16-6-2-1-5-14(13)16/h1-2,5-6,12,15,20H,3-4,7-10H2/t15-/m1/s1. The van der Waals surface area contributed by atoms with Gasteiger partial charge in [0.2, 0.25) is 5.91 Å². The van der Waals surface area contributed by atoms with Crippen molar-refractivity contribution in [1.82, 2.24) is 9.88 Å². The van der Waals surface area contributed by atoms with Crippen molar-refractivity contribution in [2.75, 3.05) is 13.1 Å². The van der Waals surface area contributed by atoms with E-state index < -0.39 is 5.92 Å². The number of carbonyl (C=O) groups excluding carboxylic acids is 2. The minimum Gasteiger partial charge on any atom is -0.361 e. The number of Topliss-reactive ketones (excluding diaryl/α,β-unsaturated/α-hetero) is 1. The minimum absolute atomic E-state index is 0.208. The smallest absolute Gasteiger partial charge is 0.247 e. The number of benzene rings is 1. The lowest BCUT2D eigenvalue weighted by atomic mass is 9.97. The van der Waals surface area contributed by atoms with Gasteiger partial charge in [0.1, 0.15) is 0 Å². The van der Waals surface area contributed by atoms with Gasteiger partial charge < -0.3 is 9.88 Å². The summed E-state index contributed by atoms with van der Waals surface area (Å²) < 4.78 is 0. The second-order valence-corrected chi connectivity index (χ2v) is 5.92. The Bertz CT molecular complexity index is 766. The van der Waals surface area contributed by atoms with E-state index in [2.05, 4.69) is 4.98 Å². The van der Waals surface area contributed by atoms with Gasteiger partial charge in [-0.2, -0.15) is 5.26 Å². The second-order valence-electron chi connectivity index (χ2n) is 5.92. The summed E-state index contributed by atoms with van der Waals surface area (Å²) in [6.45, 7) is 1.32. The van der Waals surface area contributed by atoms with Gasteiger partial charge in [0.25, 0.3) is 0 Å². The molecule has 1 atom stereocenters. The molecule has 1 aromatic carbocycles. The maximum atomic E-state index is 12.3. The molecule has 118 valence electrons. The molecule has 3 rings (SSSR count). The number of likely N-dealkylation sites (tertiary alicyclic amines) is 1. The fourth-order valence-corrected chi connectivity index (χ4v) is 3.13. The first-order chi connectivity index (χ1) is 11.2. The Hall–Kier alpha value is -2.61. The molecule has 2 heterocycles. The molecule has 5 nitrogen and oxygen atoms in total. The molecule has 1 fully saturated rings.